The Kier molecular flexibility index (Phi) is 5.52. The van der Waals surface area contributed by atoms with Gasteiger partial charge in [0.25, 0.3) is 5.91 Å². The van der Waals surface area contributed by atoms with E-state index < -0.39 is 0 Å². The number of amides is 1. The van der Waals surface area contributed by atoms with Crippen LogP contribution in [0.15, 0.2) is 66.7 Å². The molecule has 0 saturated carbocycles. The van der Waals surface area contributed by atoms with E-state index in [9.17, 15) is 4.79 Å². The van der Waals surface area contributed by atoms with E-state index in [0.29, 0.717) is 12.3 Å². The molecule has 3 aromatic carbocycles. The molecule has 0 spiro atoms. The van der Waals surface area contributed by atoms with Crippen LogP contribution in [0.25, 0.3) is 10.8 Å². The van der Waals surface area contributed by atoms with Crippen molar-refractivity contribution in [3.05, 3.63) is 72.3 Å². The van der Waals surface area contributed by atoms with Crippen LogP contribution in [0.1, 0.15) is 5.56 Å². The first-order valence-electron chi connectivity index (χ1n) is 8.26. The van der Waals surface area contributed by atoms with Crippen molar-refractivity contribution < 1.29 is 14.3 Å². The zero-order valence-electron chi connectivity index (χ0n) is 14.2. The van der Waals surface area contributed by atoms with Crippen LogP contribution >= 0.6 is 0 Å². The van der Waals surface area contributed by atoms with Crippen molar-refractivity contribution >= 4 is 16.7 Å². The number of benzene rings is 3. The third-order valence-electron chi connectivity index (χ3n) is 3.97. The molecule has 25 heavy (non-hydrogen) atoms. The van der Waals surface area contributed by atoms with Crippen LogP contribution in [-0.2, 0) is 11.2 Å². The van der Waals surface area contributed by atoms with E-state index in [4.69, 9.17) is 9.47 Å². The second kappa shape index (κ2) is 8.20. The third kappa shape index (κ3) is 4.73. The largest absolute Gasteiger partial charge is 0.497 e. The summed E-state index contributed by atoms with van der Waals surface area (Å²) in [5, 5.41) is 4.99. The van der Waals surface area contributed by atoms with Gasteiger partial charge in [-0.25, -0.2) is 0 Å². The molecule has 0 unspecified atom stereocenters. The SMILES string of the molecule is COc1ccc2ccc(OCC(=O)NCCc3ccccc3)cc2c1. The van der Waals surface area contributed by atoms with E-state index in [-0.39, 0.29) is 12.5 Å². The lowest BCUT2D eigenvalue weighted by Gasteiger charge is -2.09. The van der Waals surface area contributed by atoms with Crippen LogP contribution in [0.4, 0.5) is 0 Å². The lowest BCUT2D eigenvalue weighted by molar-refractivity contribution is -0.123. The van der Waals surface area contributed by atoms with Crippen LogP contribution in [0, 0.1) is 0 Å². The highest BCUT2D eigenvalue weighted by Crippen LogP contribution is 2.24. The predicted octanol–water partition coefficient (Wildman–Crippen LogP) is 3.59. The van der Waals surface area contributed by atoms with Crippen molar-refractivity contribution in [1.29, 1.82) is 0 Å². The fourth-order valence-electron chi connectivity index (χ4n) is 2.61. The Morgan fingerprint density at radius 2 is 1.64 bits per heavy atom. The Morgan fingerprint density at radius 3 is 2.40 bits per heavy atom. The Balaban J connectivity index is 1.50. The maximum Gasteiger partial charge on any atom is 0.257 e. The van der Waals surface area contributed by atoms with Crippen LogP contribution in [0.2, 0.25) is 0 Å². The standard InChI is InChI=1S/C21H21NO3/c1-24-19-9-7-17-8-10-20(14-18(17)13-19)25-15-21(23)22-12-11-16-5-3-2-4-6-16/h2-10,13-14H,11-12,15H2,1H3,(H,22,23). The van der Waals surface area contributed by atoms with Gasteiger partial charge in [0.1, 0.15) is 11.5 Å². The molecule has 0 aliphatic carbocycles. The van der Waals surface area contributed by atoms with Gasteiger partial charge in [0.15, 0.2) is 6.61 Å². The molecule has 0 heterocycles. The fraction of sp³-hybridized carbons (Fsp3) is 0.190. The molecule has 0 aromatic heterocycles. The van der Waals surface area contributed by atoms with Gasteiger partial charge in [0.2, 0.25) is 0 Å². The lowest BCUT2D eigenvalue weighted by Crippen LogP contribution is -2.30. The number of hydrogen-bond acceptors (Lipinski definition) is 3. The fourth-order valence-corrected chi connectivity index (χ4v) is 2.61. The molecule has 0 aliphatic rings. The van der Waals surface area contributed by atoms with Gasteiger partial charge in [0.05, 0.1) is 7.11 Å². The summed E-state index contributed by atoms with van der Waals surface area (Å²) in [6, 6.07) is 21.7. The number of fused-ring (bicyclic) bond motifs is 1. The average molecular weight is 335 g/mol. The number of ether oxygens (including phenoxy) is 2. The maximum atomic E-state index is 11.9. The molecule has 128 valence electrons. The zero-order chi connectivity index (χ0) is 17.5. The smallest absolute Gasteiger partial charge is 0.257 e. The Hall–Kier alpha value is -3.01. The van der Waals surface area contributed by atoms with Crippen LogP contribution < -0.4 is 14.8 Å². The summed E-state index contributed by atoms with van der Waals surface area (Å²) < 4.78 is 10.8. The zero-order valence-corrected chi connectivity index (χ0v) is 14.2. The first kappa shape index (κ1) is 16.8. The molecule has 3 aromatic rings. The number of methoxy groups -OCH3 is 1. The summed E-state index contributed by atoms with van der Waals surface area (Å²) in [5.74, 6) is 1.34. The summed E-state index contributed by atoms with van der Waals surface area (Å²) in [4.78, 5) is 11.9. The Bertz CT molecular complexity index is 846. The highest BCUT2D eigenvalue weighted by atomic mass is 16.5. The second-order valence-electron chi connectivity index (χ2n) is 5.75. The molecule has 4 nitrogen and oxygen atoms in total. The van der Waals surface area contributed by atoms with Gasteiger partial charge >= 0.3 is 0 Å². The molecule has 3 rings (SSSR count). The second-order valence-corrected chi connectivity index (χ2v) is 5.75. The first-order valence-corrected chi connectivity index (χ1v) is 8.26. The van der Waals surface area contributed by atoms with Crippen molar-refractivity contribution in [2.24, 2.45) is 0 Å². The van der Waals surface area contributed by atoms with Crippen molar-refractivity contribution in [2.75, 3.05) is 20.3 Å². The topological polar surface area (TPSA) is 47.6 Å². The van der Waals surface area contributed by atoms with Gasteiger partial charge in [-0.2, -0.15) is 0 Å². The molecule has 0 aliphatic heterocycles. The van der Waals surface area contributed by atoms with Crippen LogP contribution in [-0.4, -0.2) is 26.2 Å². The van der Waals surface area contributed by atoms with Gasteiger partial charge in [-0.3, -0.25) is 4.79 Å². The van der Waals surface area contributed by atoms with Crippen molar-refractivity contribution in [3.8, 4) is 11.5 Å². The van der Waals surface area contributed by atoms with Crippen molar-refractivity contribution in [1.82, 2.24) is 5.32 Å². The molecule has 4 heteroatoms. The van der Waals surface area contributed by atoms with E-state index in [2.05, 4.69) is 5.32 Å². The summed E-state index contributed by atoms with van der Waals surface area (Å²) in [5.41, 5.74) is 1.20. The van der Waals surface area contributed by atoms with Gasteiger partial charge in [-0.05, 0) is 47.0 Å². The third-order valence-corrected chi connectivity index (χ3v) is 3.97. The van der Waals surface area contributed by atoms with Gasteiger partial charge in [-0.1, -0.05) is 42.5 Å². The molecule has 0 bridgehead atoms. The van der Waals surface area contributed by atoms with E-state index in [1.807, 2.05) is 66.7 Å². The van der Waals surface area contributed by atoms with Gasteiger partial charge < -0.3 is 14.8 Å². The number of carbonyl (C=O) groups excluding carboxylic acids is 1. The van der Waals surface area contributed by atoms with E-state index in [1.165, 1.54) is 5.56 Å². The molecule has 1 amide bonds. The number of rotatable bonds is 7. The Labute approximate surface area is 147 Å². The molecule has 0 fully saturated rings. The van der Waals surface area contributed by atoms with E-state index in [0.717, 1.165) is 22.9 Å². The minimum Gasteiger partial charge on any atom is -0.497 e. The first-order chi connectivity index (χ1) is 12.2. The van der Waals surface area contributed by atoms with Crippen LogP contribution in [0.5, 0.6) is 11.5 Å². The average Bonchev–Trinajstić information content (AvgIpc) is 2.66. The predicted molar refractivity (Wildman–Crippen MR) is 99.2 cm³/mol. The van der Waals surface area contributed by atoms with Crippen molar-refractivity contribution in [3.63, 3.8) is 0 Å². The minimum atomic E-state index is -0.123. The summed E-state index contributed by atoms with van der Waals surface area (Å²) in [6.07, 6.45) is 0.808. The van der Waals surface area contributed by atoms with Gasteiger partial charge in [-0.15, -0.1) is 0 Å². The van der Waals surface area contributed by atoms with Crippen molar-refractivity contribution in [2.45, 2.75) is 6.42 Å². The minimum absolute atomic E-state index is 0.00423. The molecule has 0 saturated heterocycles. The number of carbonyl (C=O) groups is 1. The molecule has 1 N–H and O–H groups in total. The molecule has 0 radical (unpaired) electrons. The highest BCUT2D eigenvalue weighted by Gasteiger charge is 2.04. The molecular weight excluding hydrogens is 314 g/mol. The number of nitrogens with one attached hydrogen (secondary N) is 1. The normalized spacial score (nSPS) is 10.4. The summed E-state index contributed by atoms with van der Waals surface area (Å²) in [6.45, 7) is 0.603. The van der Waals surface area contributed by atoms with E-state index >= 15 is 0 Å². The molecular formula is C21H21NO3. The number of hydrogen-bond donors (Lipinski definition) is 1. The summed E-state index contributed by atoms with van der Waals surface area (Å²) in [7, 11) is 1.64. The van der Waals surface area contributed by atoms with E-state index in [1.54, 1.807) is 7.11 Å². The van der Waals surface area contributed by atoms with Gasteiger partial charge in [0, 0.05) is 6.54 Å². The lowest BCUT2D eigenvalue weighted by atomic mass is 10.1. The Morgan fingerprint density at radius 1 is 0.920 bits per heavy atom. The van der Waals surface area contributed by atoms with Crippen LogP contribution in [0.3, 0.4) is 0 Å². The maximum absolute atomic E-state index is 11.9. The summed E-state index contributed by atoms with van der Waals surface area (Å²) >= 11 is 0. The molecule has 0 atom stereocenters. The highest BCUT2D eigenvalue weighted by molar-refractivity contribution is 5.85. The monoisotopic (exact) mass is 335 g/mol. The quantitative estimate of drug-likeness (QED) is 0.718.